The summed E-state index contributed by atoms with van der Waals surface area (Å²) in [7, 11) is 1.73. The van der Waals surface area contributed by atoms with Crippen molar-refractivity contribution in [2.75, 3.05) is 7.05 Å². The molecule has 0 bridgehead atoms. The molecule has 0 spiro atoms. The van der Waals surface area contributed by atoms with Crippen LogP contribution >= 0.6 is 15.9 Å². The van der Waals surface area contributed by atoms with E-state index in [-0.39, 0.29) is 5.91 Å². The second-order valence-corrected chi connectivity index (χ2v) is 5.16. The average molecular weight is 330 g/mol. The van der Waals surface area contributed by atoms with Gasteiger partial charge in [-0.05, 0) is 45.8 Å². The van der Waals surface area contributed by atoms with E-state index >= 15 is 0 Å². The fourth-order valence-electron chi connectivity index (χ4n) is 1.81. The van der Waals surface area contributed by atoms with Gasteiger partial charge in [-0.1, -0.05) is 12.1 Å². The Bertz CT molecular complexity index is 662. The van der Waals surface area contributed by atoms with Crippen molar-refractivity contribution < 1.29 is 4.79 Å². The summed E-state index contributed by atoms with van der Waals surface area (Å²) in [5, 5.41) is 8.87. The zero-order valence-corrected chi connectivity index (χ0v) is 12.5. The first kappa shape index (κ1) is 14.2. The number of pyridine rings is 1. The molecule has 0 aliphatic carbocycles. The Kier molecular flexibility index (Phi) is 4.49. The molecular formula is C15H12BrN3O. The number of nitrogens with zero attached hydrogens (tertiary/aromatic N) is 3. The van der Waals surface area contributed by atoms with Crippen molar-refractivity contribution >= 4 is 21.8 Å². The number of carbonyl (C=O) groups is 1. The second kappa shape index (κ2) is 6.31. The number of hydrogen-bond acceptors (Lipinski definition) is 3. The van der Waals surface area contributed by atoms with Crippen molar-refractivity contribution in [3.05, 3.63) is 63.9 Å². The molecule has 1 heterocycles. The molecule has 0 fully saturated rings. The lowest BCUT2D eigenvalue weighted by molar-refractivity contribution is 0.0784. The van der Waals surface area contributed by atoms with Crippen molar-refractivity contribution in [2.45, 2.75) is 6.54 Å². The fourth-order valence-corrected chi connectivity index (χ4v) is 2.04. The Morgan fingerprint density at radius 1 is 1.40 bits per heavy atom. The van der Waals surface area contributed by atoms with Crippen LogP contribution in [-0.2, 0) is 6.54 Å². The van der Waals surface area contributed by atoms with Crippen LogP contribution in [-0.4, -0.2) is 22.8 Å². The summed E-state index contributed by atoms with van der Waals surface area (Å²) in [5.74, 6) is -0.104. The lowest BCUT2D eigenvalue weighted by atomic mass is 10.1. The molecule has 0 saturated carbocycles. The highest BCUT2D eigenvalue weighted by Gasteiger charge is 2.12. The highest BCUT2D eigenvalue weighted by molar-refractivity contribution is 9.10. The molecule has 1 amide bonds. The number of nitriles is 1. The zero-order chi connectivity index (χ0) is 14.5. The molecule has 5 heteroatoms. The Hall–Kier alpha value is -2.19. The van der Waals surface area contributed by atoms with E-state index < -0.39 is 0 Å². The standard InChI is InChI=1S/C15H12BrN3O/c1-19(10-12-4-2-3-11(7-12)8-17)15(20)13-5-6-14(16)18-9-13/h2-7,9H,10H2,1H3. The smallest absolute Gasteiger partial charge is 0.255 e. The molecule has 1 aromatic heterocycles. The molecule has 0 aliphatic rings. The van der Waals surface area contributed by atoms with Gasteiger partial charge in [0.15, 0.2) is 0 Å². The van der Waals surface area contributed by atoms with Crippen molar-refractivity contribution in [3.63, 3.8) is 0 Å². The lowest BCUT2D eigenvalue weighted by Gasteiger charge is -2.17. The minimum Gasteiger partial charge on any atom is -0.337 e. The maximum Gasteiger partial charge on any atom is 0.255 e. The van der Waals surface area contributed by atoms with Gasteiger partial charge in [0.05, 0.1) is 17.2 Å². The predicted molar refractivity (Wildman–Crippen MR) is 78.9 cm³/mol. The van der Waals surface area contributed by atoms with Crippen LogP contribution in [0, 0.1) is 11.3 Å². The minimum atomic E-state index is -0.104. The van der Waals surface area contributed by atoms with Crippen molar-refractivity contribution in [2.24, 2.45) is 0 Å². The monoisotopic (exact) mass is 329 g/mol. The molecule has 0 radical (unpaired) electrons. The third kappa shape index (κ3) is 3.43. The predicted octanol–water partition coefficient (Wildman–Crippen LogP) is 2.99. The van der Waals surface area contributed by atoms with Gasteiger partial charge in [-0.3, -0.25) is 4.79 Å². The first-order chi connectivity index (χ1) is 9.60. The number of halogens is 1. The molecule has 0 aliphatic heterocycles. The number of aromatic nitrogens is 1. The van der Waals surface area contributed by atoms with Crippen LogP contribution < -0.4 is 0 Å². The molecule has 0 saturated heterocycles. The van der Waals surface area contributed by atoms with E-state index in [1.165, 1.54) is 6.20 Å². The summed E-state index contributed by atoms with van der Waals surface area (Å²) in [4.78, 5) is 17.9. The van der Waals surface area contributed by atoms with Gasteiger partial charge in [0.2, 0.25) is 0 Å². The van der Waals surface area contributed by atoms with Gasteiger partial charge < -0.3 is 4.90 Å². The van der Waals surface area contributed by atoms with Gasteiger partial charge in [0, 0.05) is 19.8 Å². The summed E-state index contributed by atoms with van der Waals surface area (Å²) >= 11 is 3.23. The summed E-state index contributed by atoms with van der Waals surface area (Å²) in [6.45, 7) is 0.449. The summed E-state index contributed by atoms with van der Waals surface area (Å²) < 4.78 is 0.693. The molecule has 0 unspecified atom stereocenters. The van der Waals surface area contributed by atoms with E-state index in [2.05, 4.69) is 27.0 Å². The van der Waals surface area contributed by atoms with Gasteiger partial charge in [-0.25, -0.2) is 4.98 Å². The van der Waals surface area contributed by atoms with Gasteiger partial charge in [0.25, 0.3) is 5.91 Å². The van der Waals surface area contributed by atoms with E-state index in [0.29, 0.717) is 22.3 Å². The first-order valence-electron chi connectivity index (χ1n) is 5.96. The van der Waals surface area contributed by atoms with Gasteiger partial charge in [0.1, 0.15) is 4.60 Å². The zero-order valence-electron chi connectivity index (χ0n) is 10.9. The van der Waals surface area contributed by atoms with Crippen molar-refractivity contribution in [1.82, 2.24) is 9.88 Å². The number of amides is 1. The van der Waals surface area contributed by atoms with Gasteiger partial charge in [-0.2, -0.15) is 5.26 Å². The maximum atomic E-state index is 12.2. The quantitative estimate of drug-likeness (QED) is 0.813. The van der Waals surface area contributed by atoms with Crippen LogP contribution in [0.1, 0.15) is 21.5 Å². The molecule has 1 aromatic carbocycles. The van der Waals surface area contributed by atoms with Crippen LogP contribution in [0.4, 0.5) is 0 Å². The molecule has 4 nitrogen and oxygen atoms in total. The van der Waals surface area contributed by atoms with Gasteiger partial charge in [-0.15, -0.1) is 0 Å². The van der Waals surface area contributed by atoms with Crippen molar-refractivity contribution in [1.29, 1.82) is 5.26 Å². The van der Waals surface area contributed by atoms with E-state index in [9.17, 15) is 4.79 Å². The van der Waals surface area contributed by atoms with E-state index in [1.807, 2.05) is 12.1 Å². The van der Waals surface area contributed by atoms with Crippen LogP contribution in [0.3, 0.4) is 0 Å². The highest BCUT2D eigenvalue weighted by atomic mass is 79.9. The topological polar surface area (TPSA) is 57.0 Å². The number of rotatable bonds is 3. The van der Waals surface area contributed by atoms with E-state index in [0.717, 1.165) is 5.56 Å². The van der Waals surface area contributed by atoms with Crippen LogP contribution in [0.25, 0.3) is 0 Å². The van der Waals surface area contributed by atoms with E-state index in [4.69, 9.17) is 5.26 Å². The lowest BCUT2D eigenvalue weighted by Crippen LogP contribution is -2.26. The molecule has 100 valence electrons. The molecule has 2 aromatic rings. The SMILES string of the molecule is CN(Cc1cccc(C#N)c1)C(=O)c1ccc(Br)nc1. The molecular weight excluding hydrogens is 318 g/mol. The molecule has 0 atom stereocenters. The fraction of sp³-hybridized carbons (Fsp3) is 0.133. The summed E-state index contributed by atoms with van der Waals surface area (Å²) in [6.07, 6.45) is 1.54. The Labute approximate surface area is 125 Å². The first-order valence-corrected chi connectivity index (χ1v) is 6.75. The Morgan fingerprint density at radius 3 is 2.85 bits per heavy atom. The van der Waals surface area contributed by atoms with E-state index in [1.54, 1.807) is 36.2 Å². The van der Waals surface area contributed by atoms with Crippen molar-refractivity contribution in [3.8, 4) is 6.07 Å². The average Bonchev–Trinajstić information content (AvgIpc) is 2.47. The molecule has 2 rings (SSSR count). The number of hydrogen-bond donors (Lipinski definition) is 0. The number of carbonyl (C=O) groups excluding carboxylic acids is 1. The third-order valence-corrected chi connectivity index (χ3v) is 3.27. The molecule has 20 heavy (non-hydrogen) atoms. The largest absolute Gasteiger partial charge is 0.337 e. The third-order valence-electron chi connectivity index (χ3n) is 2.80. The Balaban J connectivity index is 2.11. The minimum absolute atomic E-state index is 0.104. The summed E-state index contributed by atoms with van der Waals surface area (Å²) in [5.41, 5.74) is 2.05. The highest BCUT2D eigenvalue weighted by Crippen LogP contribution is 2.11. The Morgan fingerprint density at radius 2 is 2.20 bits per heavy atom. The van der Waals surface area contributed by atoms with Gasteiger partial charge >= 0.3 is 0 Å². The van der Waals surface area contributed by atoms with Crippen LogP contribution in [0.2, 0.25) is 0 Å². The second-order valence-electron chi connectivity index (χ2n) is 4.34. The maximum absolute atomic E-state index is 12.2. The summed E-state index contributed by atoms with van der Waals surface area (Å²) in [6, 6.07) is 12.8. The van der Waals surface area contributed by atoms with Crippen LogP contribution in [0.15, 0.2) is 47.2 Å². The molecule has 0 N–H and O–H groups in total. The number of benzene rings is 1. The van der Waals surface area contributed by atoms with Crippen LogP contribution in [0.5, 0.6) is 0 Å². The normalized spacial score (nSPS) is 9.85.